The lowest BCUT2D eigenvalue weighted by Gasteiger charge is -2.34. The van der Waals surface area contributed by atoms with Crippen molar-refractivity contribution in [1.29, 1.82) is 0 Å². The van der Waals surface area contributed by atoms with Crippen LogP contribution in [0.15, 0.2) is 46.9 Å². The third kappa shape index (κ3) is 8.66. The predicted molar refractivity (Wildman–Crippen MR) is 145 cm³/mol. The Balaban J connectivity index is 2.48. The number of benzene rings is 2. The van der Waals surface area contributed by atoms with E-state index in [0.29, 0.717) is 27.7 Å². The van der Waals surface area contributed by atoms with Crippen LogP contribution >= 0.6 is 39.1 Å². The fourth-order valence-electron chi connectivity index (χ4n) is 3.43. The molecule has 2 aromatic carbocycles. The molecule has 0 aliphatic rings. The van der Waals surface area contributed by atoms with Gasteiger partial charge in [-0.25, -0.2) is 8.42 Å². The van der Waals surface area contributed by atoms with E-state index in [1.54, 1.807) is 49.4 Å². The standard InChI is InChI=1S/C24H30BrCl2N3O4S/c1-6-21(23(32)28-24(2,3)4)29(14-16-7-10-18(26)13-20(16)27)22(31)15-30(35(5,33)34)19-11-8-17(25)9-12-19/h7-13,21H,6,14-15H2,1-5H3,(H,28,32)/t21-/m1/s1. The molecule has 7 nitrogen and oxygen atoms in total. The molecule has 0 saturated carbocycles. The lowest BCUT2D eigenvalue weighted by Crippen LogP contribution is -2.55. The van der Waals surface area contributed by atoms with Gasteiger partial charge in [0.15, 0.2) is 0 Å². The second-order valence-corrected chi connectivity index (χ2v) is 12.8. The van der Waals surface area contributed by atoms with E-state index in [9.17, 15) is 18.0 Å². The summed E-state index contributed by atoms with van der Waals surface area (Å²) in [6.45, 7) is 6.85. The minimum atomic E-state index is -3.80. The Morgan fingerprint density at radius 2 is 1.69 bits per heavy atom. The quantitative estimate of drug-likeness (QED) is 0.423. The van der Waals surface area contributed by atoms with Crippen molar-refractivity contribution in [2.24, 2.45) is 0 Å². The van der Waals surface area contributed by atoms with Gasteiger partial charge in [-0.1, -0.05) is 52.1 Å². The first-order valence-electron chi connectivity index (χ1n) is 10.9. The summed E-state index contributed by atoms with van der Waals surface area (Å²) in [5, 5.41) is 3.69. The molecule has 0 heterocycles. The number of amides is 2. The van der Waals surface area contributed by atoms with E-state index in [2.05, 4.69) is 21.2 Å². The lowest BCUT2D eigenvalue weighted by atomic mass is 10.1. The van der Waals surface area contributed by atoms with Gasteiger partial charge in [0, 0.05) is 26.6 Å². The van der Waals surface area contributed by atoms with Crippen molar-refractivity contribution >= 4 is 66.7 Å². The Labute approximate surface area is 225 Å². The molecule has 0 unspecified atom stereocenters. The molecule has 1 N–H and O–H groups in total. The average molecular weight is 607 g/mol. The summed E-state index contributed by atoms with van der Waals surface area (Å²) in [5.41, 5.74) is 0.398. The highest BCUT2D eigenvalue weighted by Gasteiger charge is 2.33. The van der Waals surface area contributed by atoms with Crippen molar-refractivity contribution in [2.75, 3.05) is 17.1 Å². The van der Waals surface area contributed by atoms with Crippen molar-refractivity contribution in [3.8, 4) is 0 Å². The van der Waals surface area contributed by atoms with Crippen molar-refractivity contribution in [2.45, 2.75) is 52.2 Å². The molecular formula is C24H30BrCl2N3O4S. The summed E-state index contributed by atoms with van der Waals surface area (Å²) < 4.78 is 27.0. The van der Waals surface area contributed by atoms with Gasteiger partial charge in [0.1, 0.15) is 12.6 Å². The number of nitrogens with zero attached hydrogens (tertiary/aromatic N) is 2. The fraction of sp³-hybridized carbons (Fsp3) is 0.417. The van der Waals surface area contributed by atoms with E-state index in [1.165, 1.54) is 4.90 Å². The van der Waals surface area contributed by atoms with Gasteiger partial charge in [0.25, 0.3) is 0 Å². The van der Waals surface area contributed by atoms with Crippen molar-refractivity contribution in [3.63, 3.8) is 0 Å². The highest BCUT2D eigenvalue weighted by Crippen LogP contribution is 2.25. The zero-order chi connectivity index (χ0) is 26.6. The summed E-state index contributed by atoms with van der Waals surface area (Å²) in [6, 6.07) is 10.6. The zero-order valence-electron chi connectivity index (χ0n) is 20.3. The van der Waals surface area contributed by atoms with Gasteiger partial charge >= 0.3 is 0 Å². The number of carbonyl (C=O) groups excluding carboxylic acids is 2. The van der Waals surface area contributed by atoms with Crippen molar-refractivity contribution in [1.82, 2.24) is 10.2 Å². The predicted octanol–water partition coefficient (Wildman–Crippen LogP) is 5.24. The average Bonchev–Trinajstić information content (AvgIpc) is 2.72. The van der Waals surface area contributed by atoms with Crippen LogP contribution in [0.5, 0.6) is 0 Å². The highest BCUT2D eigenvalue weighted by atomic mass is 79.9. The van der Waals surface area contributed by atoms with Crippen LogP contribution < -0.4 is 9.62 Å². The molecule has 35 heavy (non-hydrogen) atoms. The van der Waals surface area contributed by atoms with Crippen LogP contribution in [0.25, 0.3) is 0 Å². The summed E-state index contributed by atoms with van der Waals surface area (Å²) in [4.78, 5) is 28.2. The normalized spacial score (nSPS) is 12.7. The van der Waals surface area contributed by atoms with Crippen LogP contribution in [0.4, 0.5) is 5.69 Å². The van der Waals surface area contributed by atoms with Gasteiger partial charge in [-0.05, 0) is 69.2 Å². The minimum absolute atomic E-state index is 0.00282. The third-order valence-electron chi connectivity index (χ3n) is 5.03. The molecule has 0 aromatic heterocycles. The van der Waals surface area contributed by atoms with E-state index in [-0.39, 0.29) is 12.5 Å². The van der Waals surface area contributed by atoms with Gasteiger partial charge in [0.05, 0.1) is 11.9 Å². The highest BCUT2D eigenvalue weighted by molar-refractivity contribution is 9.10. The lowest BCUT2D eigenvalue weighted by molar-refractivity contribution is -0.141. The summed E-state index contributed by atoms with van der Waals surface area (Å²) in [5.74, 6) is -0.881. The smallest absolute Gasteiger partial charge is 0.244 e. The molecule has 2 amide bonds. The SMILES string of the molecule is CC[C@H](C(=O)NC(C)(C)C)N(Cc1ccc(Cl)cc1Cl)C(=O)CN(c1ccc(Br)cc1)S(C)(=O)=O. The van der Waals surface area contributed by atoms with Gasteiger partial charge in [-0.2, -0.15) is 0 Å². The Bertz CT molecular complexity index is 1170. The zero-order valence-corrected chi connectivity index (χ0v) is 24.2. The van der Waals surface area contributed by atoms with Crippen LogP contribution in [0.2, 0.25) is 10.0 Å². The molecule has 2 aromatic rings. The van der Waals surface area contributed by atoms with Gasteiger partial charge < -0.3 is 10.2 Å². The first-order chi connectivity index (χ1) is 16.1. The molecule has 192 valence electrons. The Hall–Kier alpha value is -1.81. The summed E-state index contributed by atoms with van der Waals surface area (Å²) in [7, 11) is -3.80. The maximum atomic E-state index is 13.7. The van der Waals surface area contributed by atoms with Gasteiger partial charge in [-0.3, -0.25) is 13.9 Å². The number of sulfonamides is 1. The largest absolute Gasteiger partial charge is 0.350 e. The number of anilines is 1. The molecule has 0 bridgehead atoms. The molecule has 0 radical (unpaired) electrons. The molecule has 0 aliphatic heterocycles. The van der Waals surface area contributed by atoms with Crippen LogP contribution in [0.1, 0.15) is 39.7 Å². The van der Waals surface area contributed by atoms with Crippen molar-refractivity contribution in [3.05, 3.63) is 62.5 Å². The monoisotopic (exact) mass is 605 g/mol. The van der Waals surface area contributed by atoms with Crippen LogP contribution in [0.3, 0.4) is 0 Å². The molecule has 11 heteroatoms. The maximum Gasteiger partial charge on any atom is 0.244 e. The van der Waals surface area contributed by atoms with E-state index in [4.69, 9.17) is 23.2 Å². The Kier molecular flexibility index (Phi) is 10.0. The molecular weight excluding hydrogens is 577 g/mol. The second-order valence-electron chi connectivity index (χ2n) is 9.17. The third-order valence-corrected chi connectivity index (χ3v) is 7.29. The number of rotatable bonds is 9. The Morgan fingerprint density at radius 3 is 2.17 bits per heavy atom. The van der Waals surface area contributed by atoms with Crippen LogP contribution in [-0.2, 0) is 26.2 Å². The fourth-order valence-corrected chi connectivity index (χ4v) is 5.01. The van der Waals surface area contributed by atoms with E-state index in [0.717, 1.165) is 15.0 Å². The summed E-state index contributed by atoms with van der Waals surface area (Å²) in [6.07, 6.45) is 1.35. The first kappa shape index (κ1) is 29.4. The van der Waals surface area contributed by atoms with Crippen LogP contribution in [0, 0.1) is 0 Å². The first-order valence-corrected chi connectivity index (χ1v) is 14.3. The van der Waals surface area contributed by atoms with E-state index < -0.39 is 34.1 Å². The Morgan fingerprint density at radius 1 is 1.09 bits per heavy atom. The number of halogens is 3. The molecule has 0 spiro atoms. The minimum Gasteiger partial charge on any atom is -0.350 e. The number of hydrogen-bond acceptors (Lipinski definition) is 4. The van der Waals surface area contributed by atoms with Crippen LogP contribution in [-0.4, -0.2) is 49.5 Å². The number of nitrogens with one attached hydrogen (secondary N) is 1. The maximum absolute atomic E-state index is 13.7. The molecule has 0 saturated heterocycles. The van der Waals surface area contributed by atoms with E-state index in [1.807, 2.05) is 20.8 Å². The van der Waals surface area contributed by atoms with E-state index >= 15 is 0 Å². The number of carbonyl (C=O) groups is 2. The van der Waals surface area contributed by atoms with Crippen molar-refractivity contribution < 1.29 is 18.0 Å². The molecule has 0 fully saturated rings. The number of hydrogen-bond donors (Lipinski definition) is 1. The molecule has 2 rings (SSSR count). The molecule has 0 aliphatic carbocycles. The summed E-state index contributed by atoms with van der Waals surface area (Å²) >= 11 is 15.7. The van der Waals surface area contributed by atoms with Gasteiger partial charge in [0.2, 0.25) is 21.8 Å². The molecule has 1 atom stereocenters. The topological polar surface area (TPSA) is 86.8 Å². The second kappa shape index (κ2) is 12.0. The van der Waals surface area contributed by atoms with Gasteiger partial charge in [-0.15, -0.1) is 0 Å².